The fourth-order valence-electron chi connectivity index (χ4n) is 3.37. The van der Waals surface area contributed by atoms with Crippen molar-refractivity contribution in [3.63, 3.8) is 0 Å². The number of anilines is 1. The van der Waals surface area contributed by atoms with Crippen LogP contribution in [0.5, 0.6) is 11.5 Å². The molecule has 0 atom stereocenters. The van der Waals surface area contributed by atoms with E-state index >= 15 is 0 Å². The molecule has 0 aliphatic carbocycles. The molecule has 0 bridgehead atoms. The van der Waals surface area contributed by atoms with Gasteiger partial charge in [-0.25, -0.2) is 13.1 Å². The number of hydrogen-bond acceptors (Lipinski definition) is 9. The highest BCUT2D eigenvalue weighted by Gasteiger charge is 2.15. The molecule has 0 aliphatic rings. The second kappa shape index (κ2) is 11.6. The number of ether oxygens (including phenoxy) is 2. The van der Waals surface area contributed by atoms with Gasteiger partial charge in [-0.3, -0.25) is 4.79 Å². The lowest BCUT2D eigenvalue weighted by atomic mass is 10.2. The number of hydrogen-bond donors (Lipinski definition) is 2. The lowest BCUT2D eigenvalue weighted by Crippen LogP contribution is -2.26. The molecule has 13 heteroatoms. The van der Waals surface area contributed by atoms with Crippen LogP contribution in [-0.4, -0.2) is 60.7 Å². The Morgan fingerprint density at radius 2 is 1.81 bits per heavy atom. The molecule has 0 unspecified atom stereocenters. The highest BCUT2D eigenvalue weighted by molar-refractivity contribution is 7.99. The van der Waals surface area contributed by atoms with Gasteiger partial charge >= 0.3 is 0 Å². The number of aryl methyl sites for hydroxylation is 1. The van der Waals surface area contributed by atoms with Gasteiger partial charge in [0.05, 0.1) is 30.6 Å². The Morgan fingerprint density at radius 1 is 1.03 bits per heavy atom. The predicted octanol–water partition coefficient (Wildman–Crippen LogP) is 2.70. The summed E-state index contributed by atoms with van der Waals surface area (Å²) in [6.45, 7) is 2.02. The zero-order valence-corrected chi connectivity index (χ0v) is 22.1. The monoisotopic (exact) mass is 542 g/mol. The molecule has 2 aromatic heterocycles. The van der Waals surface area contributed by atoms with Gasteiger partial charge in [0.1, 0.15) is 16.5 Å². The first-order valence-corrected chi connectivity index (χ1v) is 13.7. The van der Waals surface area contributed by atoms with E-state index in [0.29, 0.717) is 33.7 Å². The van der Waals surface area contributed by atoms with Gasteiger partial charge in [-0.05, 0) is 43.3 Å². The van der Waals surface area contributed by atoms with Crippen LogP contribution in [0.25, 0.3) is 5.65 Å². The van der Waals surface area contributed by atoms with Crippen LogP contribution in [0.4, 0.5) is 5.69 Å². The van der Waals surface area contributed by atoms with Crippen LogP contribution < -0.4 is 19.5 Å². The van der Waals surface area contributed by atoms with Crippen molar-refractivity contribution in [1.82, 2.24) is 24.5 Å². The fourth-order valence-corrected chi connectivity index (χ4v) is 5.06. The Bertz CT molecular complexity index is 1510. The Hall–Kier alpha value is -3.68. The number of methoxy groups -OCH3 is 2. The molecule has 4 aromatic rings. The molecular formula is C24H26N6O5S2. The average molecular weight is 543 g/mol. The van der Waals surface area contributed by atoms with Gasteiger partial charge in [-0.2, -0.15) is 9.61 Å². The number of amides is 1. The van der Waals surface area contributed by atoms with E-state index < -0.39 is 10.0 Å². The molecule has 0 aliphatic heterocycles. The third-order valence-electron chi connectivity index (χ3n) is 5.31. The van der Waals surface area contributed by atoms with Crippen LogP contribution >= 0.6 is 11.8 Å². The SMILES string of the molecule is COc1ccc(NC(=O)CSc2ccc3nnc(CCNS(=O)(=O)c4ccc(C)cc4)n3n2)c(OC)c1. The highest BCUT2D eigenvalue weighted by Crippen LogP contribution is 2.29. The molecule has 0 saturated heterocycles. The van der Waals surface area contributed by atoms with Gasteiger partial charge in [-0.15, -0.1) is 10.2 Å². The van der Waals surface area contributed by atoms with Crippen LogP contribution in [0.2, 0.25) is 0 Å². The Labute approximate surface area is 218 Å². The summed E-state index contributed by atoms with van der Waals surface area (Å²) in [6, 6.07) is 15.2. The second-order valence-corrected chi connectivity index (χ2v) is 10.7. The van der Waals surface area contributed by atoms with Crippen LogP contribution in [0.1, 0.15) is 11.4 Å². The van der Waals surface area contributed by atoms with E-state index in [1.54, 1.807) is 66.2 Å². The van der Waals surface area contributed by atoms with Crippen molar-refractivity contribution >= 4 is 39.0 Å². The number of nitrogens with zero attached hydrogens (tertiary/aromatic N) is 4. The zero-order chi connectivity index (χ0) is 26.4. The van der Waals surface area contributed by atoms with E-state index in [-0.39, 0.29) is 29.5 Å². The molecule has 2 aromatic carbocycles. The van der Waals surface area contributed by atoms with E-state index in [1.807, 2.05) is 6.92 Å². The molecule has 37 heavy (non-hydrogen) atoms. The first kappa shape index (κ1) is 26.4. The molecular weight excluding hydrogens is 516 g/mol. The Kier molecular flexibility index (Phi) is 8.26. The Balaban J connectivity index is 1.36. The Morgan fingerprint density at radius 3 is 2.54 bits per heavy atom. The highest BCUT2D eigenvalue weighted by atomic mass is 32.2. The predicted molar refractivity (Wildman–Crippen MR) is 140 cm³/mol. The molecule has 4 rings (SSSR count). The summed E-state index contributed by atoms with van der Waals surface area (Å²) < 4.78 is 39.6. The van der Waals surface area contributed by atoms with E-state index in [2.05, 4.69) is 25.3 Å². The summed E-state index contributed by atoms with van der Waals surface area (Å²) in [5.41, 5.74) is 2.03. The molecule has 0 radical (unpaired) electrons. The minimum absolute atomic E-state index is 0.113. The number of carbonyl (C=O) groups excluding carboxylic acids is 1. The third kappa shape index (κ3) is 6.56. The first-order chi connectivity index (χ1) is 17.8. The molecule has 0 spiro atoms. The number of sulfonamides is 1. The van der Waals surface area contributed by atoms with Gasteiger partial charge in [0, 0.05) is 19.0 Å². The van der Waals surface area contributed by atoms with E-state index in [1.165, 1.54) is 18.9 Å². The molecule has 0 fully saturated rings. The minimum atomic E-state index is -3.64. The first-order valence-electron chi connectivity index (χ1n) is 11.2. The zero-order valence-electron chi connectivity index (χ0n) is 20.5. The molecule has 11 nitrogen and oxygen atoms in total. The summed E-state index contributed by atoms with van der Waals surface area (Å²) >= 11 is 1.25. The van der Waals surface area contributed by atoms with Crippen LogP contribution in [0, 0.1) is 6.92 Å². The van der Waals surface area contributed by atoms with Crippen molar-refractivity contribution in [2.75, 3.05) is 31.8 Å². The molecule has 2 N–H and O–H groups in total. The molecule has 1 amide bonds. The number of carbonyl (C=O) groups is 1. The molecule has 194 valence electrons. The summed E-state index contributed by atoms with van der Waals surface area (Å²) in [5.74, 6) is 1.49. The van der Waals surface area contributed by atoms with Crippen LogP contribution in [0.15, 0.2) is 64.5 Å². The van der Waals surface area contributed by atoms with Crippen molar-refractivity contribution in [2.45, 2.75) is 23.3 Å². The number of benzene rings is 2. The minimum Gasteiger partial charge on any atom is -0.497 e. The number of fused-ring (bicyclic) bond motifs is 1. The van der Waals surface area contributed by atoms with Crippen molar-refractivity contribution < 1.29 is 22.7 Å². The maximum Gasteiger partial charge on any atom is 0.240 e. The van der Waals surface area contributed by atoms with Crippen molar-refractivity contribution in [2.24, 2.45) is 0 Å². The molecule has 0 saturated carbocycles. The average Bonchev–Trinajstić information content (AvgIpc) is 3.30. The standard InChI is InChI=1S/C24H26N6O5S2/c1-16-4-7-18(8-5-16)37(32,33)25-13-12-22-28-27-21-10-11-24(29-30(21)22)36-15-23(31)26-19-9-6-17(34-2)14-20(19)35-3/h4-11,14,25H,12-13,15H2,1-3H3,(H,26,31). The summed E-state index contributed by atoms with van der Waals surface area (Å²) in [7, 11) is -0.567. The third-order valence-corrected chi connectivity index (χ3v) is 7.71. The largest absolute Gasteiger partial charge is 0.497 e. The van der Waals surface area contributed by atoms with Gasteiger partial charge in [0.25, 0.3) is 0 Å². The smallest absolute Gasteiger partial charge is 0.240 e. The molecule has 2 heterocycles. The normalized spacial score (nSPS) is 11.4. The number of rotatable bonds is 11. The quantitative estimate of drug-likeness (QED) is 0.274. The lowest BCUT2D eigenvalue weighted by molar-refractivity contribution is -0.113. The van der Waals surface area contributed by atoms with Crippen LogP contribution in [-0.2, 0) is 21.2 Å². The van der Waals surface area contributed by atoms with Crippen LogP contribution in [0.3, 0.4) is 0 Å². The maximum atomic E-state index is 12.5. The van der Waals surface area contributed by atoms with Gasteiger partial charge in [0.2, 0.25) is 15.9 Å². The lowest BCUT2D eigenvalue weighted by Gasteiger charge is -2.11. The number of thioether (sulfide) groups is 1. The van der Waals surface area contributed by atoms with Crippen molar-refractivity contribution in [3.8, 4) is 11.5 Å². The van der Waals surface area contributed by atoms with Crippen molar-refractivity contribution in [3.05, 3.63) is 66.0 Å². The van der Waals surface area contributed by atoms with E-state index in [9.17, 15) is 13.2 Å². The van der Waals surface area contributed by atoms with E-state index in [0.717, 1.165) is 5.56 Å². The summed E-state index contributed by atoms with van der Waals surface area (Å²) in [4.78, 5) is 12.7. The second-order valence-electron chi connectivity index (χ2n) is 7.92. The fraction of sp³-hybridized carbons (Fsp3) is 0.250. The van der Waals surface area contributed by atoms with Gasteiger partial charge in [-0.1, -0.05) is 29.5 Å². The van der Waals surface area contributed by atoms with Gasteiger partial charge < -0.3 is 14.8 Å². The topological polar surface area (TPSA) is 137 Å². The summed E-state index contributed by atoms with van der Waals surface area (Å²) in [6.07, 6.45) is 0.283. The number of nitrogens with one attached hydrogen (secondary N) is 2. The maximum absolute atomic E-state index is 12.5. The summed E-state index contributed by atoms with van der Waals surface area (Å²) in [5, 5.41) is 16.1. The number of aromatic nitrogens is 4. The van der Waals surface area contributed by atoms with Gasteiger partial charge in [0.15, 0.2) is 11.5 Å². The van der Waals surface area contributed by atoms with Crippen molar-refractivity contribution in [1.29, 1.82) is 0 Å². The van der Waals surface area contributed by atoms with E-state index in [4.69, 9.17) is 9.47 Å².